The van der Waals surface area contributed by atoms with Crippen molar-refractivity contribution < 1.29 is 8.42 Å². The summed E-state index contributed by atoms with van der Waals surface area (Å²) in [4.78, 5) is 0. The second-order valence-electron chi connectivity index (χ2n) is 4.81. The third-order valence-electron chi connectivity index (χ3n) is 3.48. The molecule has 3 heteroatoms. The first-order valence-corrected chi connectivity index (χ1v) is 7.74. The van der Waals surface area contributed by atoms with Gasteiger partial charge in [0.05, 0.1) is 5.25 Å². The quantitative estimate of drug-likeness (QED) is 0.807. The zero-order valence-electron chi connectivity index (χ0n) is 9.59. The SMILES string of the molecule is CS(=O)(=O)C1CC(CCc2ccccc2)C1. The van der Waals surface area contributed by atoms with E-state index in [4.69, 9.17) is 0 Å². The standard InChI is InChI=1S/C13H18O2S/c1-16(14,15)13-9-12(10-13)8-7-11-5-3-2-4-6-11/h2-6,12-13H,7-10H2,1H3. The highest BCUT2D eigenvalue weighted by molar-refractivity contribution is 7.91. The number of aryl methyl sites for hydroxylation is 1. The van der Waals surface area contributed by atoms with Crippen LogP contribution in [0.15, 0.2) is 30.3 Å². The number of rotatable bonds is 4. The van der Waals surface area contributed by atoms with Crippen LogP contribution in [0.2, 0.25) is 0 Å². The first kappa shape index (κ1) is 11.6. The van der Waals surface area contributed by atoms with E-state index in [1.807, 2.05) is 6.07 Å². The largest absolute Gasteiger partial charge is 0.229 e. The van der Waals surface area contributed by atoms with Crippen LogP contribution >= 0.6 is 0 Å². The van der Waals surface area contributed by atoms with Crippen LogP contribution in [0.4, 0.5) is 0 Å². The number of benzene rings is 1. The Labute approximate surface area is 97.6 Å². The predicted molar refractivity (Wildman–Crippen MR) is 66.1 cm³/mol. The molecule has 0 aliphatic heterocycles. The fourth-order valence-corrected chi connectivity index (χ4v) is 3.52. The highest BCUT2D eigenvalue weighted by Crippen LogP contribution is 2.35. The van der Waals surface area contributed by atoms with Gasteiger partial charge in [-0.05, 0) is 37.2 Å². The maximum atomic E-state index is 11.2. The lowest BCUT2D eigenvalue weighted by Crippen LogP contribution is -2.35. The van der Waals surface area contributed by atoms with Gasteiger partial charge in [0.15, 0.2) is 0 Å². The van der Waals surface area contributed by atoms with Crippen LogP contribution in [0.25, 0.3) is 0 Å². The van der Waals surface area contributed by atoms with Crippen LogP contribution in [0.5, 0.6) is 0 Å². The van der Waals surface area contributed by atoms with Crippen molar-refractivity contribution in [3.05, 3.63) is 35.9 Å². The molecule has 1 aromatic carbocycles. The molecule has 0 atom stereocenters. The van der Waals surface area contributed by atoms with Crippen molar-refractivity contribution in [3.8, 4) is 0 Å². The summed E-state index contributed by atoms with van der Waals surface area (Å²) in [6, 6.07) is 10.4. The molecule has 0 N–H and O–H groups in total. The minimum atomic E-state index is -2.78. The molecule has 1 saturated carbocycles. The summed E-state index contributed by atoms with van der Waals surface area (Å²) in [5.41, 5.74) is 1.35. The summed E-state index contributed by atoms with van der Waals surface area (Å²) in [6.45, 7) is 0. The summed E-state index contributed by atoms with van der Waals surface area (Å²) in [5.74, 6) is 0.611. The summed E-state index contributed by atoms with van der Waals surface area (Å²) < 4.78 is 22.5. The first-order valence-electron chi connectivity index (χ1n) is 5.78. The minimum Gasteiger partial charge on any atom is -0.229 e. The van der Waals surface area contributed by atoms with Crippen molar-refractivity contribution in [2.24, 2.45) is 5.92 Å². The highest BCUT2D eigenvalue weighted by atomic mass is 32.2. The highest BCUT2D eigenvalue weighted by Gasteiger charge is 2.35. The van der Waals surface area contributed by atoms with Crippen LogP contribution in [0, 0.1) is 5.92 Å². The summed E-state index contributed by atoms with van der Waals surface area (Å²) in [5, 5.41) is -0.0618. The maximum Gasteiger partial charge on any atom is 0.150 e. The van der Waals surface area contributed by atoms with E-state index in [-0.39, 0.29) is 5.25 Å². The molecular weight excluding hydrogens is 220 g/mol. The average Bonchev–Trinajstić information content (AvgIpc) is 2.15. The number of sulfone groups is 1. The molecule has 1 aliphatic rings. The molecule has 0 unspecified atom stereocenters. The second-order valence-corrected chi connectivity index (χ2v) is 7.14. The Balaban J connectivity index is 1.75. The zero-order valence-corrected chi connectivity index (χ0v) is 10.4. The van der Waals surface area contributed by atoms with Crippen LogP contribution in [0.1, 0.15) is 24.8 Å². The van der Waals surface area contributed by atoms with Crippen molar-refractivity contribution in [2.75, 3.05) is 6.26 Å². The smallest absolute Gasteiger partial charge is 0.150 e. The van der Waals surface area contributed by atoms with Gasteiger partial charge in [0.1, 0.15) is 9.84 Å². The van der Waals surface area contributed by atoms with Gasteiger partial charge < -0.3 is 0 Å². The molecule has 16 heavy (non-hydrogen) atoms. The van der Waals surface area contributed by atoms with Crippen molar-refractivity contribution in [3.63, 3.8) is 0 Å². The van der Waals surface area contributed by atoms with E-state index in [1.165, 1.54) is 11.8 Å². The summed E-state index contributed by atoms with van der Waals surface area (Å²) in [7, 11) is -2.78. The molecule has 1 aromatic rings. The lowest BCUT2D eigenvalue weighted by Gasteiger charge is -2.33. The third kappa shape index (κ3) is 2.85. The van der Waals surface area contributed by atoms with Gasteiger partial charge >= 0.3 is 0 Å². The van der Waals surface area contributed by atoms with E-state index < -0.39 is 9.84 Å². The van der Waals surface area contributed by atoms with Gasteiger partial charge in [-0.2, -0.15) is 0 Å². The van der Waals surface area contributed by atoms with Crippen molar-refractivity contribution >= 4 is 9.84 Å². The molecule has 0 radical (unpaired) electrons. The monoisotopic (exact) mass is 238 g/mol. The predicted octanol–water partition coefficient (Wildman–Crippen LogP) is 2.44. The molecule has 1 aliphatic carbocycles. The van der Waals surface area contributed by atoms with Gasteiger partial charge in [-0.1, -0.05) is 30.3 Å². The number of hydrogen-bond acceptors (Lipinski definition) is 2. The van der Waals surface area contributed by atoms with Gasteiger partial charge in [0.25, 0.3) is 0 Å². The fraction of sp³-hybridized carbons (Fsp3) is 0.538. The van der Waals surface area contributed by atoms with Crippen LogP contribution in [-0.2, 0) is 16.3 Å². The molecule has 1 fully saturated rings. The summed E-state index contributed by atoms with van der Waals surface area (Å²) >= 11 is 0. The summed E-state index contributed by atoms with van der Waals surface area (Å²) in [6.07, 6.45) is 5.28. The van der Waals surface area contributed by atoms with E-state index >= 15 is 0 Å². The molecule has 0 saturated heterocycles. The Morgan fingerprint density at radius 2 is 1.81 bits per heavy atom. The van der Waals surface area contributed by atoms with Crippen molar-refractivity contribution in [1.29, 1.82) is 0 Å². The molecule has 0 bridgehead atoms. The average molecular weight is 238 g/mol. The normalized spacial score (nSPS) is 25.1. The molecule has 0 aromatic heterocycles. The lowest BCUT2D eigenvalue weighted by molar-refractivity contribution is 0.298. The first-order chi connectivity index (χ1) is 7.55. The van der Waals surface area contributed by atoms with Crippen LogP contribution < -0.4 is 0 Å². The van der Waals surface area contributed by atoms with Gasteiger partial charge in [-0.3, -0.25) is 0 Å². The number of hydrogen-bond donors (Lipinski definition) is 0. The molecule has 2 nitrogen and oxygen atoms in total. The Morgan fingerprint density at radius 3 is 2.38 bits per heavy atom. The molecular formula is C13H18O2S. The Kier molecular flexibility index (Phi) is 3.33. The van der Waals surface area contributed by atoms with Crippen LogP contribution in [-0.4, -0.2) is 19.9 Å². The maximum absolute atomic E-state index is 11.2. The van der Waals surface area contributed by atoms with Gasteiger partial charge in [0, 0.05) is 6.26 Å². The lowest BCUT2D eigenvalue weighted by atomic mass is 9.81. The molecule has 0 heterocycles. The Bertz CT molecular complexity index is 430. The van der Waals surface area contributed by atoms with Crippen molar-refractivity contribution in [2.45, 2.75) is 30.9 Å². The van der Waals surface area contributed by atoms with E-state index in [1.54, 1.807) is 0 Å². The van der Waals surface area contributed by atoms with Gasteiger partial charge in [-0.15, -0.1) is 0 Å². The van der Waals surface area contributed by atoms with E-state index in [2.05, 4.69) is 24.3 Å². The van der Waals surface area contributed by atoms with E-state index in [9.17, 15) is 8.42 Å². The fourth-order valence-electron chi connectivity index (χ4n) is 2.28. The molecule has 0 spiro atoms. The third-order valence-corrected chi connectivity index (χ3v) is 5.08. The Hall–Kier alpha value is -0.830. The van der Waals surface area contributed by atoms with Crippen molar-refractivity contribution in [1.82, 2.24) is 0 Å². The topological polar surface area (TPSA) is 34.1 Å². The Morgan fingerprint density at radius 1 is 1.19 bits per heavy atom. The molecule has 2 rings (SSSR count). The van der Waals surface area contributed by atoms with E-state index in [0.717, 1.165) is 25.7 Å². The zero-order chi connectivity index (χ0) is 11.6. The second kappa shape index (κ2) is 4.58. The minimum absolute atomic E-state index is 0.0618. The van der Waals surface area contributed by atoms with E-state index in [0.29, 0.717) is 5.92 Å². The van der Waals surface area contributed by atoms with Gasteiger partial charge in [0.2, 0.25) is 0 Å². The van der Waals surface area contributed by atoms with Crippen LogP contribution in [0.3, 0.4) is 0 Å². The molecule has 88 valence electrons. The van der Waals surface area contributed by atoms with Gasteiger partial charge in [-0.25, -0.2) is 8.42 Å². The molecule has 0 amide bonds.